The number of nitrogens with zero attached hydrogens (tertiary/aromatic N) is 1. The van der Waals surface area contributed by atoms with E-state index in [-0.39, 0.29) is 17.3 Å². The molecular weight excluding hydrogens is 520 g/mol. The van der Waals surface area contributed by atoms with E-state index < -0.39 is 10.0 Å². The van der Waals surface area contributed by atoms with Gasteiger partial charge in [0.15, 0.2) is 11.5 Å². The Morgan fingerprint density at radius 2 is 1.69 bits per heavy atom. The number of carbonyl (C=O) groups is 1. The van der Waals surface area contributed by atoms with E-state index in [9.17, 15) is 13.2 Å². The molecule has 3 aromatic rings. The molecule has 4 rings (SSSR count). The van der Waals surface area contributed by atoms with Gasteiger partial charge in [-0.05, 0) is 54.1 Å². The van der Waals surface area contributed by atoms with Gasteiger partial charge in [-0.2, -0.15) is 11.8 Å². The summed E-state index contributed by atoms with van der Waals surface area (Å²) in [4.78, 5) is 12.9. The molecule has 0 saturated heterocycles. The highest BCUT2D eigenvalue weighted by Gasteiger charge is 2.28. The second-order valence-corrected chi connectivity index (χ2v) is 11.4. The van der Waals surface area contributed by atoms with Crippen molar-refractivity contribution in [3.05, 3.63) is 83.4 Å². The van der Waals surface area contributed by atoms with Gasteiger partial charge in [-0.15, -0.1) is 0 Å². The molecule has 0 saturated carbocycles. The largest absolute Gasteiger partial charge is 0.486 e. The predicted molar refractivity (Wildman–Crippen MR) is 144 cm³/mol. The number of hydrogen-bond acceptors (Lipinski definition) is 6. The van der Waals surface area contributed by atoms with Crippen LogP contribution in [-0.2, 0) is 20.6 Å². The highest BCUT2D eigenvalue weighted by molar-refractivity contribution is 7.98. The monoisotopic (exact) mass is 546 g/mol. The van der Waals surface area contributed by atoms with Crippen molar-refractivity contribution >= 4 is 45.0 Å². The third-order valence-corrected chi connectivity index (χ3v) is 8.56. The van der Waals surface area contributed by atoms with Gasteiger partial charge < -0.3 is 14.8 Å². The van der Waals surface area contributed by atoms with Crippen molar-refractivity contribution in [2.75, 3.05) is 36.4 Å². The molecular formula is C26H27ClN2O5S2. The Balaban J connectivity index is 1.37. The van der Waals surface area contributed by atoms with Crippen molar-refractivity contribution in [2.45, 2.75) is 17.1 Å². The molecule has 1 aliphatic heterocycles. The predicted octanol–water partition coefficient (Wildman–Crippen LogP) is 4.75. The highest BCUT2D eigenvalue weighted by Crippen LogP contribution is 2.35. The van der Waals surface area contributed by atoms with E-state index in [0.29, 0.717) is 42.0 Å². The lowest BCUT2D eigenvalue weighted by molar-refractivity contribution is -0.119. The quantitative estimate of drug-likeness (QED) is 0.349. The molecule has 10 heteroatoms. The SMILES string of the molecule is O=C(CN(c1ccc2c(c1)OCCO2)S(=O)(=O)c1ccccc1)NCCCSCc1ccc(Cl)cc1. The van der Waals surface area contributed by atoms with Gasteiger partial charge in [-0.25, -0.2) is 8.42 Å². The van der Waals surface area contributed by atoms with Crippen molar-refractivity contribution in [1.82, 2.24) is 5.32 Å². The zero-order valence-electron chi connectivity index (χ0n) is 19.6. The smallest absolute Gasteiger partial charge is 0.264 e. The zero-order chi connectivity index (χ0) is 25.4. The number of sulfonamides is 1. The van der Waals surface area contributed by atoms with Crippen LogP contribution < -0.4 is 19.1 Å². The Bertz CT molecular complexity index is 1270. The number of rotatable bonds is 11. The van der Waals surface area contributed by atoms with Crippen LogP contribution in [0.4, 0.5) is 5.69 Å². The fourth-order valence-corrected chi connectivity index (χ4v) is 6.06. The first-order valence-electron chi connectivity index (χ1n) is 11.5. The number of thioether (sulfide) groups is 1. The van der Waals surface area contributed by atoms with Crippen LogP contribution in [0.5, 0.6) is 11.5 Å². The summed E-state index contributed by atoms with van der Waals surface area (Å²) in [6, 6.07) is 20.7. The Kier molecular flexibility index (Phi) is 9.01. The number of ether oxygens (including phenoxy) is 2. The van der Waals surface area contributed by atoms with Gasteiger partial charge in [0.2, 0.25) is 5.91 Å². The van der Waals surface area contributed by atoms with Crippen LogP contribution in [0.3, 0.4) is 0 Å². The minimum absolute atomic E-state index is 0.103. The van der Waals surface area contributed by atoms with E-state index in [1.54, 1.807) is 48.2 Å². The number of halogens is 1. The van der Waals surface area contributed by atoms with Crippen LogP contribution >= 0.6 is 23.4 Å². The molecule has 0 spiro atoms. The summed E-state index contributed by atoms with van der Waals surface area (Å²) in [5.74, 6) is 2.33. The van der Waals surface area contributed by atoms with Gasteiger partial charge >= 0.3 is 0 Å². The van der Waals surface area contributed by atoms with E-state index in [1.165, 1.54) is 17.7 Å². The van der Waals surface area contributed by atoms with E-state index in [4.69, 9.17) is 21.1 Å². The van der Waals surface area contributed by atoms with Crippen LogP contribution in [0.15, 0.2) is 77.7 Å². The fraction of sp³-hybridized carbons (Fsp3) is 0.269. The van der Waals surface area contributed by atoms with Crippen LogP contribution in [0.25, 0.3) is 0 Å². The first-order chi connectivity index (χ1) is 17.4. The second-order valence-electron chi connectivity index (χ2n) is 8.04. The summed E-state index contributed by atoms with van der Waals surface area (Å²) >= 11 is 7.68. The van der Waals surface area contributed by atoms with Crippen molar-refractivity contribution in [1.29, 1.82) is 0 Å². The zero-order valence-corrected chi connectivity index (χ0v) is 21.9. The molecule has 0 aliphatic carbocycles. The second kappa shape index (κ2) is 12.4. The summed E-state index contributed by atoms with van der Waals surface area (Å²) in [6.45, 7) is 0.902. The summed E-state index contributed by atoms with van der Waals surface area (Å²) in [5, 5.41) is 3.56. The first-order valence-corrected chi connectivity index (χ1v) is 14.5. The summed E-state index contributed by atoms with van der Waals surface area (Å²) in [6.07, 6.45) is 0.763. The molecule has 0 radical (unpaired) electrons. The van der Waals surface area contributed by atoms with E-state index in [0.717, 1.165) is 22.2 Å². The van der Waals surface area contributed by atoms with Crippen LogP contribution in [-0.4, -0.2) is 46.4 Å². The molecule has 3 aromatic carbocycles. The topological polar surface area (TPSA) is 84.9 Å². The van der Waals surface area contributed by atoms with E-state index in [2.05, 4.69) is 5.32 Å². The average Bonchev–Trinajstić information content (AvgIpc) is 2.90. The molecule has 190 valence electrons. The number of hydrogen-bond donors (Lipinski definition) is 1. The highest BCUT2D eigenvalue weighted by atomic mass is 35.5. The minimum Gasteiger partial charge on any atom is -0.486 e. The molecule has 1 N–H and O–H groups in total. The molecule has 0 unspecified atom stereocenters. The molecule has 0 atom stereocenters. The lowest BCUT2D eigenvalue weighted by atomic mass is 10.2. The van der Waals surface area contributed by atoms with Crippen LogP contribution in [0.2, 0.25) is 5.02 Å². The minimum atomic E-state index is -3.99. The Hall–Kier alpha value is -2.88. The van der Waals surface area contributed by atoms with Crippen molar-refractivity contribution in [3.63, 3.8) is 0 Å². The Labute approximate surface area is 220 Å². The molecule has 1 aliphatic rings. The van der Waals surface area contributed by atoms with Gasteiger partial charge in [0, 0.05) is 23.4 Å². The van der Waals surface area contributed by atoms with Crippen molar-refractivity contribution in [2.24, 2.45) is 0 Å². The standard InChI is InChI=1S/C26H27ClN2O5S2/c27-21-9-7-20(8-10-21)19-35-16-4-13-28-26(30)18-29(36(31,32)23-5-2-1-3-6-23)22-11-12-24-25(17-22)34-15-14-33-24/h1-3,5-12,17H,4,13-16,18-19H2,(H,28,30). The molecule has 36 heavy (non-hydrogen) atoms. The number of nitrogens with one attached hydrogen (secondary N) is 1. The number of fused-ring (bicyclic) bond motifs is 1. The number of amides is 1. The number of anilines is 1. The molecule has 0 fully saturated rings. The first kappa shape index (κ1) is 26.2. The summed E-state index contributed by atoms with van der Waals surface area (Å²) < 4.78 is 39.2. The lowest BCUT2D eigenvalue weighted by Crippen LogP contribution is -2.41. The average molecular weight is 547 g/mol. The van der Waals surface area contributed by atoms with E-state index in [1.807, 2.05) is 24.3 Å². The third-order valence-electron chi connectivity index (χ3n) is 5.40. The van der Waals surface area contributed by atoms with Gasteiger partial charge in [-0.1, -0.05) is 41.9 Å². The normalized spacial score (nSPS) is 12.7. The fourth-order valence-electron chi connectivity index (χ4n) is 3.58. The molecule has 0 aromatic heterocycles. The maximum atomic E-state index is 13.5. The lowest BCUT2D eigenvalue weighted by Gasteiger charge is -2.26. The number of carbonyl (C=O) groups excluding carboxylic acids is 1. The van der Waals surface area contributed by atoms with Crippen molar-refractivity contribution < 1.29 is 22.7 Å². The van der Waals surface area contributed by atoms with Crippen LogP contribution in [0, 0.1) is 0 Å². The molecule has 7 nitrogen and oxygen atoms in total. The van der Waals surface area contributed by atoms with Gasteiger partial charge in [0.1, 0.15) is 19.8 Å². The summed E-state index contributed by atoms with van der Waals surface area (Å²) in [5.41, 5.74) is 1.52. The molecule has 1 amide bonds. The third kappa shape index (κ3) is 6.87. The Morgan fingerprint density at radius 1 is 0.972 bits per heavy atom. The van der Waals surface area contributed by atoms with E-state index >= 15 is 0 Å². The van der Waals surface area contributed by atoms with Gasteiger partial charge in [0.25, 0.3) is 10.0 Å². The van der Waals surface area contributed by atoms with Crippen LogP contribution in [0.1, 0.15) is 12.0 Å². The molecule has 1 heterocycles. The molecule has 0 bridgehead atoms. The maximum Gasteiger partial charge on any atom is 0.264 e. The summed E-state index contributed by atoms with van der Waals surface area (Å²) in [7, 11) is -3.99. The van der Waals surface area contributed by atoms with Gasteiger partial charge in [0.05, 0.1) is 10.6 Å². The van der Waals surface area contributed by atoms with Gasteiger partial charge in [-0.3, -0.25) is 9.10 Å². The van der Waals surface area contributed by atoms with Crippen molar-refractivity contribution in [3.8, 4) is 11.5 Å². The Morgan fingerprint density at radius 3 is 2.44 bits per heavy atom. The maximum absolute atomic E-state index is 13.5. The number of benzene rings is 3.